The number of carbonyl (C=O) groups excluding carboxylic acids is 1. The first-order chi connectivity index (χ1) is 13.0. The maximum atomic E-state index is 13.2. The molecule has 4 rings (SSSR count). The fourth-order valence-electron chi connectivity index (χ4n) is 3.12. The number of amides is 1. The van der Waals surface area contributed by atoms with Crippen molar-refractivity contribution in [2.45, 2.75) is 20.4 Å². The zero-order valence-corrected chi connectivity index (χ0v) is 16.3. The van der Waals surface area contributed by atoms with Crippen LogP contribution in [0.15, 0.2) is 42.9 Å². The molecule has 0 aliphatic carbocycles. The number of benzene rings is 1. The number of fused-ring (bicyclic) bond motifs is 1. The molecule has 4 aromatic rings. The zero-order chi connectivity index (χ0) is 19.0. The first-order valence-corrected chi connectivity index (χ1v) is 9.49. The Balaban J connectivity index is 1.73. The van der Waals surface area contributed by atoms with Gasteiger partial charge in [0, 0.05) is 32.2 Å². The van der Waals surface area contributed by atoms with Crippen molar-refractivity contribution in [3.8, 4) is 0 Å². The Kier molecular flexibility index (Phi) is 4.49. The van der Waals surface area contributed by atoms with Crippen molar-refractivity contribution in [1.29, 1.82) is 0 Å². The van der Waals surface area contributed by atoms with Gasteiger partial charge in [-0.25, -0.2) is 4.98 Å². The molecular weight excluding hydrogens is 360 g/mol. The smallest absolute Gasteiger partial charge is 0.278 e. The number of rotatable bonds is 5. The molecule has 0 aliphatic rings. The SMILES string of the molecule is Cc1cc(C)c2nc(N(CCn3cccn3)C(=O)c3ccnn3C)sc2c1. The Morgan fingerprint density at radius 3 is 2.78 bits per heavy atom. The summed E-state index contributed by atoms with van der Waals surface area (Å²) in [7, 11) is 1.77. The van der Waals surface area contributed by atoms with Gasteiger partial charge in [-0.15, -0.1) is 0 Å². The van der Waals surface area contributed by atoms with Gasteiger partial charge in [-0.3, -0.25) is 19.1 Å². The number of hydrogen-bond donors (Lipinski definition) is 0. The molecule has 0 bridgehead atoms. The zero-order valence-electron chi connectivity index (χ0n) is 15.5. The van der Waals surface area contributed by atoms with E-state index in [1.54, 1.807) is 35.1 Å². The molecule has 7 nitrogen and oxygen atoms in total. The Labute approximate surface area is 160 Å². The van der Waals surface area contributed by atoms with Gasteiger partial charge in [0.15, 0.2) is 5.13 Å². The summed E-state index contributed by atoms with van der Waals surface area (Å²) in [4.78, 5) is 19.7. The van der Waals surface area contributed by atoms with Gasteiger partial charge in [0.1, 0.15) is 5.69 Å². The number of nitrogens with zero attached hydrogens (tertiary/aromatic N) is 6. The molecule has 0 unspecified atom stereocenters. The molecular formula is C19H20N6OS. The van der Waals surface area contributed by atoms with Crippen LogP contribution in [0.4, 0.5) is 5.13 Å². The summed E-state index contributed by atoms with van der Waals surface area (Å²) in [6, 6.07) is 7.83. The van der Waals surface area contributed by atoms with Crippen LogP contribution in [0.2, 0.25) is 0 Å². The molecule has 27 heavy (non-hydrogen) atoms. The maximum absolute atomic E-state index is 13.2. The van der Waals surface area contributed by atoms with Crippen LogP contribution in [0.5, 0.6) is 0 Å². The number of carbonyl (C=O) groups is 1. The lowest BCUT2D eigenvalue weighted by Gasteiger charge is -2.19. The van der Waals surface area contributed by atoms with E-state index in [1.807, 2.05) is 16.9 Å². The van der Waals surface area contributed by atoms with Crippen molar-refractivity contribution in [1.82, 2.24) is 24.5 Å². The van der Waals surface area contributed by atoms with Crippen LogP contribution in [0.3, 0.4) is 0 Å². The van der Waals surface area contributed by atoms with Crippen molar-refractivity contribution >= 4 is 32.6 Å². The summed E-state index contributed by atoms with van der Waals surface area (Å²) in [6.07, 6.45) is 5.25. The number of thiazole rings is 1. The highest BCUT2D eigenvalue weighted by molar-refractivity contribution is 7.22. The van der Waals surface area contributed by atoms with Gasteiger partial charge in [-0.2, -0.15) is 10.2 Å². The fraction of sp³-hybridized carbons (Fsp3) is 0.263. The summed E-state index contributed by atoms with van der Waals surface area (Å²) in [5.74, 6) is -0.115. The highest BCUT2D eigenvalue weighted by atomic mass is 32.1. The van der Waals surface area contributed by atoms with Gasteiger partial charge in [-0.05, 0) is 43.2 Å². The summed E-state index contributed by atoms with van der Waals surface area (Å²) in [6.45, 7) is 5.19. The standard InChI is InChI=1S/C19H20N6OS/c1-13-11-14(2)17-16(12-13)27-19(22-17)25(10-9-24-8-4-6-21-24)18(26)15-5-7-20-23(15)3/h4-8,11-12H,9-10H2,1-3H3. The van der Waals surface area contributed by atoms with Gasteiger partial charge in [-0.1, -0.05) is 17.4 Å². The molecule has 3 aromatic heterocycles. The monoisotopic (exact) mass is 380 g/mol. The van der Waals surface area contributed by atoms with Crippen molar-refractivity contribution in [2.24, 2.45) is 7.05 Å². The molecule has 8 heteroatoms. The van der Waals surface area contributed by atoms with Crippen molar-refractivity contribution < 1.29 is 4.79 Å². The van der Waals surface area contributed by atoms with E-state index in [0.717, 1.165) is 15.8 Å². The van der Waals surface area contributed by atoms with E-state index in [4.69, 9.17) is 4.98 Å². The second-order valence-electron chi connectivity index (χ2n) is 6.49. The fourth-order valence-corrected chi connectivity index (χ4v) is 4.28. The van der Waals surface area contributed by atoms with Crippen molar-refractivity contribution in [3.05, 3.63) is 59.7 Å². The van der Waals surface area contributed by atoms with Crippen molar-refractivity contribution in [3.63, 3.8) is 0 Å². The van der Waals surface area contributed by atoms with Crippen LogP contribution in [-0.2, 0) is 13.6 Å². The summed E-state index contributed by atoms with van der Waals surface area (Å²) in [5, 5.41) is 9.05. The normalized spacial score (nSPS) is 11.2. The molecule has 0 atom stereocenters. The third-order valence-electron chi connectivity index (χ3n) is 4.45. The van der Waals surface area contributed by atoms with E-state index in [9.17, 15) is 4.79 Å². The van der Waals surface area contributed by atoms with E-state index in [1.165, 1.54) is 16.9 Å². The lowest BCUT2D eigenvalue weighted by molar-refractivity contribution is 0.0976. The number of aryl methyl sites for hydroxylation is 3. The first kappa shape index (κ1) is 17.4. The topological polar surface area (TPSA) is 68.8 Å². The molecule has 0 saturated carbocycles. The molecule has 0 saturated heterocycles. The number of hydrogen-bond acceptors (Lipinski definition) is 5. The Hall–Kier alpha value is -3.00. The minimum atomic E-state index is -0.115. The predicted octanol–water partition coefficient (Wildman–Crippen LogP) is 3.19. The van der Waals surface area contributed by atoms with E-state index in [-0.39, 0.29) is 5.91 Å². The average Bonchev–Trinajstić information content (AvgIpc) is 3.35. The quantitative estimate of drug-likeness (QED) is 0.533. The third kappa shape index (κ3) is 3.35. The molecule has 3 heterocycles. The van der Waals surface area contributed by atoms with E-state index >= 15 is 0 Å². The highest BCUT2D eigenvalue weighted by Gasteiger charge is 2.24. The number of anilines is 1. The molecule has 0 N–H and O–H groups in total. The molecule has 138 valence electrons. The summed E-state index contributed by atoms with van der Waals surface area (Å²) >= 11 is 1.54. The molecule has 0 fully saturated rings. The van der Waals surface area contributed by atoms with E-state index < -0.39 is 0 Å². The Bertz CT molecular complexity index is 1100. The maximum Gasteiger partial charge on any atom is 0.278 e. The molecule has 1 amide bonds. The predicted molar refractivity (Wildman–Crippen MR) is 106 cm³/mol. The van der Waals surface area contributed by atoms with Crippen LogP contribution in [-0.4, -0.2) is 37.0 Å². The largest absolute Gasteiger partial charge is 0.281 e. The second kappa shape index (κ2) is 6.96. The minimum Gasteiger partial charge on any atom is -0.281 e. The first-order valence-electron chi connectivity index (χ1n) is 8.68. The van der Waals surface area contributed by atoms with Gasteiger partial charge < -0.3 is 0 Å². The highest BCUT2D eigenvalue weighted by Crippen LogP contribution is 2.32. The Morgan fingerprint density at radius 1 is 1.22 bits per heavy atom. The molecule has 0 aliphatic heterocycles. The lowest BCUT2D eigenvalue weighted by Crippen LogP contribution is -2.35. The van der Waals surface area contributed by atoms with Crippen LogP contribution >= 0.6 is 11.3 Å². The molecule has 0 radical (unpaired) electrons. The van der Waals surface area contributed by atoms with E-state index in [2.05, 4.69) is 36.2 Å². The molecule has 0 spiro atoms. The molecule has 1 aromatic carbocycles. The van der Waals surface area contributed by atoms with Gasteiger partial charge in [0.25, 0.3) is 5.91 Å². The summed E-state index contributed by atoms with van der Waals surface area (Å²) in [5.41, 5.74) is 3.79. The van der Waals surface area contributed by atoms with Gasteiger partial charge >= 0.3 is 0 Å². The summed E-state index contributed by atoms with van der Waals surface area (Å²) < 4.78 is 4.49. The van der Waals surface area contributed by atoms with Crippen LogP contribution in [0, 0.1) is 13.8 Å². The van der Waals surface area contributed by atoms with Gasteiger partial charge in [0.05, 0.1) is 16.8 Å². The average molecular weight is 380 g/mol. The lowest BCUT2D eigenvalue weighted by atomic mass is 10.1. The van der Waals surface area contributed by atoms with Gasteiger partial charge in [0.2, 0.25) is 0 Å². The minimum absolute atomic E-state index is 0.115. The third-order valence-corrected chi connectivity index (χ3v) is 5.47. The second-order valence-corrected chi connectivity index (χ2v) is 7.50. The van der Waals surface area contributed by atoms with Crippen LogP contribution in [0.25, 0.3) is 10.2 Å². The number of aromatic nitrogens is 5. The van der Waals surface area contributed by atoms with E-state index in [0.29, 0.717) is 23.9 Å². The van der Waals surface area contributed by atoms with Crippen LogP contribution < -0.4 is 4.90 Å². The Morgan fingerprint density at radius 2 is 2.07 bits per heavy atom. The van der Waals surface area contributed by atoms with Crippen LogP contribution in [0.1, 0.15) is 21.6 Å². The van der Waals surface area contributed by atoms with Crippen molar-refractivity contribution in [2.75, 3.05) is 11.4 Å².